The van der Waals surface area contributed by atoms with Crippen molar-refractivity contribution in [1.29, 1.82) is 0 Å². The van der Waals surface area contributed by atoms with Crippen LogP contribution in [0.4, 0.5) is 5.13 Å². The lowest BCUT2D eigenvalue weighted by molar-refractivity contribution is 0.966. The van der Waals surface area contributed by atoms with E-state index in [1.807, 2.05) is 5.38 Å². The van der Waals surface area contributed by atoms with Crippen LogP contribution >= 0.6 is 11.3 Å². The van der Waals surface area contributed by atoms with E-state index in [2.05, 4.69) is 34.6 Å². The van der Waals surface area contributed by atoms with Gasteiger partial charge < -0.3 is 11.1 Å². The molecule has 0 aliphatic rings. The van der Waals surface area contributed by atoms with Gasteiger partial charge >= 0.3 is 0 Å². The maximum Gasteiger partial charge on any atom is 0.182 e. The Bertz CT molecular complexity index is 408. The monoisotopic (exact) mass is 233 g/mol. The third-order valence-corrected chi connectivity index (χ3v) is 3.06. The van der Waals surface area contributed by atoms with Gasteiger partial charge in [0.25, 0.3) is 0 Å². The van der Waals surface area contributed by atoms with Crippen LogP contribution in [0.1, 0.15) is 11.1 Å². The molecule has 1 aromatic carbocycles. The van der Waals surface area contributed by atoms with Crippen LogP contribution in [0, 0.1) is 0 Å². The van der Waals surface area contributed by atoms with Gasteiger partial charge in [-0.1, -0.05) is 24.3 Å². The fraction of sp³-hybridized carbons (Fsp3) is 0.250. The Balaban J connectivity index is 1.90. The maximum atomic E-state index is 5.50. The van der Waals surface area contributed by atoms with Crippen LogP contribution in [0.5, 0.6) is 0 Å². The highest BCUT2D eigenvalue weighted by Gasteiger charge is 1.96. The zero-order valence-electron chi connectivity index (χ0n) is 9.02. The number of rotatable bonds is 5. The van der Waals surface area contributed by atoms with Crippen LogP contribution in [0.15, 0.2) is 35.8 Å². The second-order valence-corrected chi connectivity index (χ2v) is 4.44. The first-order chi connectivity index (χ1) is 7.88. The van der Waals surface area contributed by atoms with Gasteiger partial charge in [0, 0.05) is 18.1 Å². The molecule has 84 valence electrons. The molecule has 4 heteroatoms. The van der Waals surface area contributed by atoms with Crippen LogP contribution in [-0.2, 0) is 13.0 Å². The highest BCUT2D eigenvalue weighted by Crippen LogP contribution is 2.12. The molecule has 0 unspecified atom stereocenters. The van der Waals surface area contributed by atoms with Crippen molar-refractivity contribution in [3.8, 4) is 0 Å². The van der Waals surface area contributed by atoms with Gasteiger partial charge in [-0.25, -0.2) is 4.98 Å². The fourth-order valence-corrected chi connectivity index (χ4v) is 2.01. The van der Waals surface area contributed by atoms with Crippen LogP contribution < -0.4 is 11.1 Å². The van der Waals surface area contributed by atoms with Gasteiger partial charge in [0.15, 0.2) is 5.13 Å². The van der Waals surface area contributed by atoms with Crippen LogP contribution in [-0.4, -0.2) is 11.5 Å². The maximum absolute atomic E-state index is 5.50. The number of hydrogen-bond acceptors (Lipinski definition) is 4. The number of aromatic nitrogens is 1. The molecule has 1 heterocycles. The lowest BCUT2D eigenvalue weighted by atomic mass is 10.1. The summed E-state index contributed by atoms with van der Waals surface area (Å²) in [5.74, 6) is 0. The number of hydrogen-bond donors (Lipinski definition) is 2. The summed E-state index contributed by atoms with van der Waals surface area (Å²) in [5, 5.41) is 6.20. The standard InChI is InChI=1S/C12H15N3S/c13-6-5-10-1-3-11(4-2-10)9-15-12-14-7-8-16-12/h1-4,7-8H,5-6,9,13H2,(H,14,15). The van der Waals surface area contributed by atoms with Crippen molar-refractivity contribution in [3.05, 3.63) is 47.0 Å². The fourth-order valence-electron chi connectivity index (χ4n) is 1.48. The Morgan fingerprint density at radius 2 is 1.94 bits per heavy atom. The number of anilines is 1. The zero-order valence-corrected chi connectivity index (χ0v) is 9.83. The Kier molecular flexibility index (Phi) is 3.91. The number of nitrogens with two attached hydrogens (primary N) is 1. The predicted octanol–water partition coefficient (Wildman–Crippen LogP) is 2.26. The van der Waals surface area contributed by atoms with Gasteiger partial charge in [-0.2, -0.15) is 0 Å². The predicted molar refractivity (Wildman–Crippen MR) is 68.6 cm³/mol. The van der Waals surface area contributed by atoms with Crippen LogP contribution in [0.25, 0.3) is 0 Å². The molecule has 0 atom stereocenters. The third-order valence-electron chi connectivity index (χ3n) is 2.33. The van der Waals surface area contributed by atoms with Crippen molar-refractivity contribution in [3.63, 3.8) is 0 Å². The van der Waals surface area contributed by atoms with Gasteiger partial charge in [-0.05, 0) is 24.1 Å². The molecule has 0 aliphatic carbocycles. The summed E-state index contributed by atoms with van der Waals surface area (Å²) in [6, 6.07) is 8.52. The van der Waals surface area contributed by atoms with Crippen molar-refractivity contribution in [2.45, 2.75) is 13.0 Å². The van der Waals surface area contributed by atoms with Gasteiger partial charge in [0.1, 0.15) is 0 Å². The highest BCUT2D eigenvalue weighted by molar-refractivity contribution is 7.13. The first-order valence-corrected chi connectivity index (χ1v) is 6.17. The van der Waals surface area contributed by atoms with Crippen molar-refractivity contribution < 1.29 is 0 Å². The minimum atomic E-state index is 0.705. The molecular formula is C12H15N3S. The average molecular weight is 233 g/mol. The number of nitrogens with one attached hydrogen (secondary N) is 1. The first kappa shape index (κ1) is 11.1. The molecule has 0 aliphatic heterocycles. The van der Waals surface area contributed by atoms with E-state index in [0.717, 1.165) is 18.1 Å². The Labute approximate surface area is 99.3 Å². The van der Waals surface area contributed by atoms with Crippen molar-refractivity contribution >= 4 is 16.5 Å². The third kappa shape index (κ3) is 3.05. The molecule has 0 saturated carbocycles. The van der Waals surface area contributed by atoms with Crippen molar-refractivity contribution in [2.24, 2.45) is 5.73 Å². The summed E-state index contributed by atoms with van der Waals surface area (Å²) in [6.45, 7) is 1.52. The molecule has 0 bridgehead atoms. The average Bonchev–Trinajstić information content (AvgIpc) is 2.82. The SMILES string of the molecule is NCCc1ccc(CNc2nccs2)cc1. The quantitative estimate of drug-likeness (QED) is 0.833. The zero-order chi connectivity index (χ0) is 11.2. The molecule has 2 rings (SSSR count). The molecule has 16 heavy (non-hydrogen) atoms. The molecule has 3 N–H and O–H groups in total. The molecule has 2 aromatic rings. The number of benzene rings is 1. The molecule has 1 aromatic heterocycles. The smallest absolute Gasteiger partial charge is 0.182 e. The number of nitrogens with zero attached hydrogens (tertiary/aromatic N) is 1. The van der Waals surface area contributed by atoms with Crippen molar-refractivity contribution in [1.82, 2.24) is 4.98 Å². The summed E-state index contributed by atoms with van der Waals surface area (Å²) >= 11 is 1.61. The topological polar surface area (TPSA) is 50.9 Å². The number of thiazole rings is 1. The second kappa shape index (κ2) is 5.63. The van der Waals surface area contributed by atoms with Gasteiger partial charge in [-0.15, -0.1) is 11.3 Å². The van der Waals surface area contributed by atoms with E-state index >= 15 is 0 Å². The van der Waals surface area contributed by atoms with E-state index in [4.69, 9.17) is 5.73 Å². The Hall–Kier alpha value is -1.39. The summed E-state index contributed by atoms with van der Waals surface area (Å²) in [5.41, 5.74) is 8.05. The van der Waals surface area contributed by atoms with Gasteiger partial charge in [0.05, 0.1) is 0 Å². The van der Waals surface area contributed by atoms with E-state index in [1.165, 1.54) is 11.1 Å². The van der Waals surface area contributed by atoms with E-state index in [9.17, 15) is 0 Å². The Morgan fingerprint density at radius 1 is 1.19 bits per heavy atom. The normalized spacial score (nSPS) is 10.3. The van der Waals surface area contributed by atoms with Crippen LogP contribution in [0.3, 0.4) is 0 Å². The van der Waals surface area contributed by atoms with E-state index in [1.54, 1.807) is 17.5 Å². The second-order valence-electron chi connectivity index (χ2n) is 3.55. The minimum absolute atomic E-state index is 0.705. The summed E-state index contributed by atoms with van der Waals surface area (Å²) in [6.07, 6.45) is 2.75. The lowest BCUT2D eigenvalue weighted by Gasteiger charge is -2.04. The summed E-state index contributed by atoms with van der Waals surface area (Å²) < 4.78 is 0. The van der Waals surface area contributed by atoms with Gasteiger partial charge in [0.2, 0.25) is 0 Å². The summed E-state index contributed by atoms with van der Waals surface area (Å²) in [4.78, 5) is 4.17. The van der Waals surface area contributed by atoms with E-state index in [-0.39, 0.29) is 0 Å². The molecule has 0 fully saturated rings. The minimum Gasteiger partial charge on any atom is -0.357 e. The van der Waals surface area contributed by atoms with Crippen LogP contribution in [0.2, 0.25) is 0 Å². The Morgan fingerprint density at radius 3 is 2.56 bits per heavy atom. The molecule has 0 amide bonds. The van der Waals surface area contributed by atoms with E-state index in [0.29, 0.717) is 6.54 Å². The summed E-state index contributed by atoms with van der Waals surface area (Å²) in [7, 11) is 0. The van der Waals surface area contributed by atoms with Gasteiger partial charge in [-0.3, -0.25) is 0 Å². The molecule has 0 saturated heterocycles. The molecule has 0 spiro atoms. The first-order valence-electron chi connectivity index (χ1n) is 5.30. The van der Waals surface area contributed by atoms with Crippen molar-refractivity contribution in [2.75, 3.05) is 11.9 Å². The molecule has 3 nitrogen and oxygen atoms in total. The molecule has 0 radical (unpaired) electrons. The highest BCUT2D eigenvalue weighted by atomic mass is 32.1. The largest absolute Gasteiger partial charge is 0.357 e. The van der Waals surface area contributed by atoms with E-state index < -0.39 is 0 Å². The lowest BCUT2D eigenvalue weighted by Crippen LogP contribution is -2.03. The molecular weight excluding hydrogens is 218 g/mol.